The van der Waals surface area contributed by atoms with Crippen LogP contribution in [-0.4, -0.2) is 19.1 Å². The number of anilines is 1. The number of nitrogens with two attached hydrogens (primary N) is 1. The Bertz CT molecular complexity index is 565. The molecule has 1 heterocycles. The maximum atomic E-state index is 6.14. The second-order valence-electron chi connectivity index (χ2n) is 5.76. The number of benzene rings is 2. The highest BCUT2D eigenvalue weighted by molar-refractivity contribution is 5.78. The molecule has 2 aromatic rings. The predicted molar refractivity (Wildman–Crippen MR) is 85.8 cm³/mol. The van der Waals surface area contributed by atoms with Gasteiger partial charge in [0.15, 0.2) is 0 Å². The van der Waals surface area contributed by atoms with Crippen molar-refractivity contribution in [3.8, 4) is 11.1 Å². The zero-order chi connectivity index (χ0) is 13.9. The number of hydrogen-bond donors (Lipinski definition) is 1. The van der Waals surface area contributed by atoms with Gasteiger partial charge in [-0.25, -0.2) is 0 Å². The molecule has 1 aliphatic heterocycles. The molecule has 104 valence electrons. The van der Waals surface area contributed by atoms with Crippen molar-refractivity contribution in [3.05, 3.63) is 54.6 Å². The quantitative estimate of drug-likeness (QED) is 0.901. The Hall–Kier alpha value is -1.80. The molecular weight excluding hydrogens is 244 g/mol. The van der Waals surface area contributed by atoms with Gasteiger partial charge in [0.25, 0.3) is 0 Å². The molecule has 0 bridgehead atoms. The largest absolute Gasteiger partial charge is 0.371 e. The Morgan fingerprint density at radius 2 is 1.70 bits per heavy atom. The minimum atomic E-state index is 0.343. The van der Waals surface area contributed by atoms with Crippen LogP contribution in [0.1, 0.15) is 13.3 Å². The van der Waals surface area contributed by atoms with Crippen LogP contribution in [0.2, 0.25) is 0 Å². The van der Waals surface area contributed by atoms with Crippen LogP contribution in [-0.2, 0) is 0 Å². The topological polar surface area (TPSA) is 29.3 Å². The average Bonchev–Trinajstić information content (AvgIpc) is 2.51. The molecule has 2 aromatic carbocycles. The van der Waals surface area contributed by atoms with Gasteiger partial charge in [-0.2, -0.15) is 0 Å². The summed E-state index contributed by atoms with van der Waals surface area (Å²) in [5.74, 6) is 0.549. The summed E-state index contributed by atoms with van der Waals surface area (Å²) in [4.78, 5) is 2.48. The number of piperidine rings is 1. The van der Waals surface area contributed by atoms with Gasteiger partial charge in [-0.05, 0) is 24.0 Å². The first-order chi connectivity index (χ1) is 9.75. The summed E-state index contributed by atoms with van der Waals surface area (Å²) < 4.78 is 0. The van der Waals surface area contributed by atoms with Crippen LogP contribution in [0.15, 0.2) is 54.6 Å². The van der Waals surface area contributed by atoms with E-state index < -0.39 is 0 Å². The molecular formula is C18H22N2. The van der Waals surface area contributed by atoms with Gasteiger partial charge in [0.2, 0.25) is 0 Å². The van der Waals surface area contributed by atoms with Crippen molar-refractivity contribution >= 4 is 5.69 Å². The summed E-state index contributed by atoms with van der Waals surface area (Å²) >= 11 is 0. The average molecular weight is 266 g/mol. The molecule has 0 saturated carbocycles. The maximum absolute atomic E-state index is 6.14. The first-order valence-corrected chi connectivity index (χ1v) is 7.40. The van der Waals surface area contributed by atoms with Crippen LogP contribution in [0.25, 0.3) is 11.1 Å². The molecule has 0 spiro atoms. The highest BCUT2D eigenvalue weighted by Gasteiger charge is 2.24. The fraction of sp³-hybridized carbons (Fsp3) is 0.333. The Labute approximate surface area is 121 Å². The monoisotopic (exact) mass is 266 g/mol. The van der Waals surface area contributed by atoms with Gasteiger partial charge in [-0.3, -0.25) is 0 Å². The Morgan fingerprint density at radius 3 is 2.45 bits per heavy atom. The molecule has 2 unspecified atom stereocenters. The molecule has 2 atom stereocenters. The summed E-state index contributed by atoms with van der Waals surface area (Å²) in [6.07, 6.45) is 1.07. The standard InChI is InChI=1S/C18H22N2/c1-14-13-20(12-11-17(14)19)18-10-6-5-9-16(18)15-7-3-2-4-8-15/h2-10,14,17H,11-13,19H2,1H3. The Kier molecular flexibility index (Phi) is 3.75. The summed E-state index contributed by atoms with van der Waals surface area (Å²) in [5, 5.41) is 0. The van der Waals surface area contributed by atoms with Gasteiger partial charge in [0, 0.05) is 30.4 Å². The molecule has 20 heavy (non-hydrogen) atoms. The van der Waals surface area contributed by atoms with Crippen molar-refractivity contribution in [1.82, 2.24) is 0 Å². The van der Waals surface area contributed by atoms with Crippen molar-refractivity contribution in [2.24, 2.45) is 11.7 Å². The first kappa shape index (κ1) is 13.2. The lowest BCUT2D eigenvalue weighted by Gasteiger charge is -2.37. The number of rotatable bonds is 2. The van der Waals surface area contributed by atoms with Crippen LogP contribution in [0.4, 0.5) is 5.69 Å². The summed E-state index contributed by atoms with van der Waals surface area (Å²) in [7, 11) is 0. The van der Waals surface area contributed by atoms with Gasteiger partial charge in [0.1, 0.15) is 0 Å². The third-order valence-corrected chi connectivity index (χ3v) is 4.30. The second kappa shape index (κ2) is 5.68. The number of nitrogens with zero attached hydrogens (tertiary/aromatic N) is 1. The molecule has 1 aliphatic rings. The highest BCUT2D eigenvalue weighted by atomic mass is 15.1. The molecule has 0 amide bonds. The van der Waals surface area contributed by atoms with Crippen LogP contribution in [0.5, 0.6) is 0 Å². The van der Waals surface area contributed by atoms with Gasteiger partial charge in [0.05, 0.1) is 0 Å². The molecule has 1 fully saturated rings. The summed E-state index contributed by atoms with van der Waals surface area (Å²) in [6.45, 7) is 4.35. The Balaban J connectivity index is 1.95. The van der Waals surface area contributed by atoms with Crippen molar-refractivity contribution in [3.63, 3.8) is 0 Å². The lowest BCUT2D eigenvalue weighted by atomic mass is 9.93. The van der Waals surface area contributed by atoms with E-state index in [1.807, 2.05) is 0 Å². The van der Waals surface area contributed by atoms with E-state index in [0.717, 1.165) is 19.5 Å². The number of para-hydroxylation sites is 1. The molecule has 1 saturated heterocycles. The molecule has 3 rings (SSSR count). The molecule has 0 aliphatic carbocycles. The van der Waals surface area contributed by atoms with Crippen molar-refractivity contribution in [1.29, 1.82) is 0 Å². The number of hydrogen-bond acceptors (Lipinski definition) is 2. The van der Waals surface area contributed by atoms with Crippen molar-refractivity contribution in [2.75, 3.05) is 18.0 Å². The highest BCUT2D eigenvalue weighted by Crippen LogP contribution is 2.32. The van der Waals surface area contributed by atoms with Crippen LogP contribution >= 0.6 is 0 Å². The van der Waals surface area contributed by atoms with Crippen LogP contribution in [0.3, 0.4) is 0 Å². The van der Waals surface area contributed by atoms with Crippen molar-refractivity contribution in [2.45, 2.75) is 19.4 Å². The fourth-order valence-corrected chi connectivity index (χ4v) is 2.99. The molecule has 2 heteroatoms. The van der Waals surface area contributed by atoms with Gasteiger partial charge in [-0.1, -0.05) is 55.5 Å². The Morgan fingerprint density at radius 1 is 1.00 bits per heavy atom. The van der Waals surface area contributed by atoms with E-state index in [-0.39, 0.29) is 0 Å². The smallest absolute Gasteiger partial charge is 0.0446 e. The van der Waals surface area contributed by atoms with E-state index in [9.17, 15) is 0 Å². The fourth-order valence-electron chi connectivity index (χ4n) is 2.99. The van der Waals surface area contributed by atoms with E-state index in [2.05, 4.69) is 66.4 Å². The third-order valence-electron chi connectivity index (χ3n) is 4.30. The van der Waals surface area contributed by atoms with Gasteiger partial charge >= 0.3 is 0 Å². The normalized spacial score (nSPS) is 22.8. The lowest BCUT2D eigenvalue weighted by molar-refractivity contribution is 0.383. The van der Waals surface area contributed by atoms with Crippen LogP contribution in [0, 0.1) is 5.92 Å². The SMILES string of the molecule is CC1CN(c2ccccc2-c2ccccc2)CCC1N. The van der Waals surface area contributed by atoms with Gasteiger partial charge in [-0.15, -0.1) is 0 Å². The van der Waals surface area contributed by atoms with E-state index in [0.29, 0.717) is 12.0 Å². The molecule has 0 radical (unpaired) electrons. The summed E-state index contributed by atoms with van der Waals surface area (Å²) in [6, 6.07) is 19.6. The molecule has 2 nitrogen and oxygen atoms in total. The van der Waals surface area contributed by atoms with Crippen molar-refractivity contribution < 1.29 is 0 Å². The van der Waals surface area contributed by atoms with Gasteiger partial charge < -0.3 is 10.6 Å². The molecule has 0 aromatic heterocycles. The zero-order valence-electron chi connectivity index (χ0n) is 12.0. The minimum Gasteiger partial charge on any atom is -0.371 e. The predicted octanol–water partition coefficient (Wildman–Crippen LogP) is 3.53. The molecule has 2 N–H and O–H groups in total. The minimum absolute atomic E-state index is 0.343. The van der Waals surface area contributed by atoms with E-state index in [1.54, 1.807) is 0 Å². The van der Waals surface area contributed by atoms with Crippen LogP contribution < -0.4 is 10.6 Å². The third kappa shape index (κ3) is 2.56. The van der Waals surface area contributed by atoms with E-state index >= 15 is 0 Å². The second-order valence-corrected chi connectivity index (χ2v) is 5.76. The maximum Gasteiger partial charge on any atom is 0.0446 e. The van der Waals surface area contributed by atoms with E-state index in [1.165, 1.54) is 16.8 Å². The first-order valence-electron chi connectivity index (χ1n) is 7.40. The van der Waals surface area contributed by atoms with E-state index in [4.69, 9.17) is 5.73 Å². The zero-order valence-corrected chi connectivity index (χ0v) is 12.0. The summed E-state index contributed by atoms with van der Waals surface area (Å²) in [5.41, 5.74) is 10.1. The lowest BCUT2D eigenvalue weighted by Crippen LogP contribution is -2.46.